The third-order valence-electron chi connectivity index (χ3n) is 2.91. The molecule has 8 heteroatoms. The number of hydrogen-bond acceptors (Lipinski definition) is 6. The van der Waals surface area contributed by atoms with Gasteiger partial charge in [-0.15, -0.1) is 0 Å². The summed E-state index contributed by atoms with van der Waals surface area (Å²) in [5.41, 5.74) is -0.0293. The minimum atomic E-state index is -0.456. The predicted octanol–water partition coefficient (Wildman–Crippen LogP) is 1.11. The topological polar surface area (TPSA) is 109 Å². The lowest BCUT2D eigenvalue weighted by atomic mass is 10.2. The van der Waals surface area contributed by atoms with Crippen molar-refractivity contribution in [1.29, 1.82) is 0 Å². The highest BCUT2D eigenvalue weighted by atomic mass is 16.6. The lowest BCUT2D eigenvalue weighted by molar-refractivity contribution is -0.384. The summed E-state index contributed by atoms with van der Waals surface area (Å²) in [4.78, 5) is 25.9. The van der Waals surface area contributed by atoms with Crippen LogP contribution in [0.5, 0.6) is 0 Å². The van der Waals surface area contributed by atoms with Crippen LogP contribution in [0, 0.1) is 10.1 Å². The monoisotopic (exact) mass is 279 g/mol. The van der Waals surface area contributed by atoms with Crippen molar-refractivity contribution < 1.29 is 9.72 Å². The van der Waals surface area contributed by atoms with Crippen molar-refractivity contribution >= 4 is 23.2 Å². The van der Waals surface area contributed by atoms with E-state index in [9.17, 15) is 14.9 Å². The van der Waals surface area contributed by atoms with Gasteiger partial charge in [0.1, 0.15) is 11.6 Å². The Morgan fingerprint density at radius 2 is 2.25 bits per heavy atom. The van der Waals surface area contributed by atoms with Crippen molar-refractivity contribution in [2.45, 2.75) is 25.8 Å². The van der Waals surface area contributed by atoms with Gasteiger partial charge in [0.25, 0.3) is 5.69 Å². The zero-order chi connectivity index (χ0) is 14.5. The van der Waals surface area contributed by atoms with Crippen LogP contribution < -0.4 is 16.0 Å². The van der Waals surface area contributed by atoms with Gasteiger partial charge in [-0.1, -0.05) is 6.92 Å². The fraction of sp³-hybridized carbons (Fsp3) is 0.500. The molecule has 3 N–H and O–H groups in total. The Labute approximate surface area is 116 Å². The summed E-state index contributed by atoms with van der Waals surface area (Å²) in [5.74, 6) is 0.831. The van der Waals surface area contributed by atoms with E-state index in [0.717, 1.165) is 6.42 Å². The van der Waals surface area contributed by atoms with Crippen LogP contribution in [-0.4, -0.2) is 34.9 Å². The van der Waals surface area contributed by atoms with Gasteiger partial charge in [-0.3, -0.25) is 14.9 Å². The molecule has 2 rings (SSSR count). The third kappa shape index (κ3) is 3.56. The molecular weight excluding hydrogens is 262 g/mol. The van der Waals surface area contributed by atoms with Crippen LogP contribution in [0.4, 0.5) is 17.3 Å². The number of anilines is 2. The lowest BCUT2D eigenvalue weighted by Crippen LogP contribution is -2.23. The number of carbonyl (C=O) groups excluding carboxylic acids is 1. The molecule has 0 radical (unpaired) electrons. The normalized spacial score (nSPS) is 17.6. The van der Waals surface area contributed by atoms with Gasteiger partial charge in [0, 0.05) is 19.5 Å². The number of nitrogens with zero attached hydrogens (tertiary/aromatic N) is 2. The van der Waals surface area contributed by atoms with Crippen molar-refractivity contribution in [3.63, 3.8) is 0 Å². The molecule has 1 aliphatic rings. The molecule has 8 nitrogen and oxygen atoms in total. The number of nitrogens with one attached hydrogen (secondary N) is 3. The van der Waals surface area contributed by atoms with Gasteiger partial charge in [0.2, 0.25) is 5.91 Å². The van der Waals surface area contributed by atoms with E-state index in [1.807, 2.05) is 6.92 Å². The molecule has 1 fully saturated rings. The van der Waals surface area contributed by atoms with Crippen LogP contribution in [0.15, 0.2) is 12.1 Å². The first kappa shape index (κ1) is 14.0. The van der Waals surface area contributed by atoms with E-state index < -0.39 is 4.92 Å². The number of aromatic nitrogens is 1. The maximum Gasteiger partial charge on any atom is 0.276 e. The molecule has 1 amide bonds. The molecule has 0 aliphatic carbocycles. The zero-order valence-electron chi connectivity index (χ0n) is 11.2. The molecule has 1 aliphatic heterocycles. The molecule has 0 saturated carbocycles. The van der Waals surface area contributed by atoms with Crippen LogP contribution in [-0.2, 0) is 4.79 Å². The first-order valence-electron chi connectivity index (χ1n) is 6.52. The summed E-state index contributed by atoms with van der Waals surface area (Å²) in [5, 5.41) is 19.7. The quantitative estimate of drug-likeness (QED) is 0.531. The standard InChI is InChI=1S/C12H17N5O3/c1-2-3-13-10-5-9(17(19)20)6-11(16-10)15-8-4-12(18)14-7-8/h5-6,8H,2-4,7H2,1H3,(H,14,18)(H2,13,15,16). The van der Waals surface area contributed by atoms with Crippen LogP contribution in [0.25, 0.3) is 0 Å². The summed E-state index contributed by atoms with van der Waals surface area (Å²) in [6.07, 6.45) is 1.25. The average Bonchev–Trinajstić information content (AvgIpc) is 2.81. The van der Waals surface area contributed by atoms with Gasteiger partial charge in [-0.2, -0.15) is 0 Å². The van der Waals surface area contributed by atoms with Crippen molar-refractivity contribution in [1.82, 2.24) is 10.3 Å². The summed E-state index contributed by atoms with van der Waals surface area (Å²) in [7, 11) is 0. The van der Waals surface area contributed by atoms with Crippen molar-refractivity contribution in [3.05, 3.63) is 22.2 Å². The fourth-order valence-corrected chi connectivity index (χ4v) is 1.96. The third-order valence-corrected chi connectivity index (χ3v) is 2.91. The van der Waals surface area contributed by atoms with Crippen molar-refractivity contribution in [3.8, 4) is 0 Å². The van der Waals surface area contributed by atoms with Crippen LogP contribution in [0.2, 0.25) is 0 Å². The Balaban J connectivity index is 2.15. The lowest BCUT2D eigenvalue weighted by Gasteiger charge is -2.12. The smallest absolute Gasteiger partial charge is 0.276 e. The Bertz CT molecular complexity index is 520. The van der Waals surface area contributed by atoms with Gasteiger partial charge < -0.3 is 16.0 Å². The maximum atomic E-state index is 11.1. The molecule has 0 aromatic carbocycles. The molecular formula is C12H17N5O3. The zero-order valence-corrected chi connectivity index (χ0v) is 11.2. The van der Waals surface area contributed by atoms with E-state index in [-0.39, 0.29) is 17.6 Å². The van der Waals surface area contributed by atoms with Crippen LogP contribution >= 0.6 is 0 Å². The molecule has 1 unspecified atom stereocenters. The largest absolute Gasteiger partial charge is 0.370 e. The number of hydrogen-bond donors (Lipinski definition) is 3. The Morgan fingerprint density at radius 3 is 2.85 bits per heavy atom. The minimum Gasteiger partial charge on any atom is -0.370 e. The Morgan fingerprint density at radius 1 is 1.50 bits per heavy atom. The number of nitro groups is 1. The molecule has 108 valence electrons. The van der Waals surface area contributed by atoms with Crippen LogP contribution in [0.3, 0.4) is 0 Å². The molecule has 1 aromatic rings. The molecule has 1 aromatic heterocycles. The van der Waals surface area contributed by atoms with Crippen LogP contribution in [0.1, 0.15) is 19.8 Å². The van der Waals surface area contributed by atoms with Gasteiger partial charge >= 0.3 is 0 Å². The Hall–Kier alpha value is -2.38. The average molecular weight is 279 g/mol. The van der Waals surface area contributed by atoms with Gasteiger partial charge in [0.05, 0.1) is 23.1 Å². The number of pyridine rings is 1. The highest BCUT2D eigenvalue weighted by Crippen LogP contribution is 2.22. The number of carbonyl (C=O) groups is 1. The van der Waals surface area contributed by atoms with E-state index >= 15 is 0 Å². The maximum absolute atomic E-state index is 11.1. The van der Waals surface area contributed by atoms with Crippen molar-refractivity contribution in [2.75, 3.05) is 23.7 Å². The highest BCUT2D eigenvalue weighted by molar-refractivity contribution is 5.79. The van der Waals surface area contributed by atoms with E-state index in [2.05, 4.69) is 20.9 Å². The second-order valence-corrected chi connectivity index (χ2v) is 4.63. The predicted molar refractivity (Wildman–Crippen MR) is 74.7 cm³/mol. The summed E-state index contributed by atoms with van der Waals surface area (Å²) in [6, 6.07) is 2.69. The molecule has 1 atom stereocenters. The molecule has 0 bridgehead atoms. The number of rotatable bonds is 6. The molecule has 0 spiro atoms. The van der Waals surface area contributed by atoms with Gasteiger partial charge in [-0.25, -0.2) is 4.98 Å². The Kier molecular flexibility index (Phi) is 4.34. The first-order valence-corrected chi connectivity index (χ1v) is 6.52. The fourth-order valence-electron chi connectivity index (χ4n) is 1.96. The van der Waals surface area contributed by atoms with E-state index in [1.165, 1.54) is 12.1 Å². The van der Waals surface area contributed by atoms with E-state index in [4.69, 9.17) is 0 Å². The first-order chi connectivity index (χ1) is 9.58. The molecule has 1 saturated heterocycles. The van der Waals surface area contributed by atoms with Gasteiger partial charge in [0.15, 0.2) is 0 Å². The van der Waals surface area contributed by atoms with E-state index in [1.54, 1.807) is 0 Å². The summed E-state index contributed by atoms with van der Waals surface area (Å²) >= 11 is 0. The molecule has 2 heterocycles. The highest BCUT2D eigenvalue weighted by Gasteiger charge is 2.22. The van der Waals surface area contributed by atoms with Gasteiger partial charge in [-0.05, 0) is 6.42 Å². The van der Waals surface area contributed by atoms with Crippen molar-refractivity contribution in [2.24, 2.45) is 0 Å². The SMILES string of the molecule is CCCNc1cc([N+](=O)[O-])cc(NC2CNC(=O)C2)n1. The second kappa shape index (κ2) is 6.18. The minimum absolute atomic E-state index is 0.0293. The molecule has 20 heavy (non-hydrogen) atoms. The summed E-state index contributed by atoms with van der Waals surface area (Å²) < 4.78 is 0. The number of amides is 1. The summed E-state index contributed by atoms with van der Waals surface area (Å²) in [6.45, 7) is 3.19. The second-order valence-electron chi connectivity index (χ2n) is 4.63. The van der Waals surface area contributed by atoms with E-state index in [0.29, 0.717) is 31.1 Å².